The summed E-state index contributed by atoms with van der Waals surface area (Å²) < 4.78 is 91.3. The van der Waals surface area contributed by atoms with Crippen LogP contribution < -0.4 is 14.9 Å². The van der Waals surface area contributed by atoms with E-state index in [0.29, 0.717) is 25.7 Å². The average Bonchev–Trinajstić information content (AvgIpc) is 2.72. The number of ether oxygens (including phenoxy) is 1. The van der Waals surface area contributed by atoms with E-state index in [1.54, 1.807) is 34.6 Å². The predicted octanol–water partition coefficient (Wildman–Crippen LogP) is 4.55. The van der Waals surface area contributed by atoms with Gasteiger partial charge >= 0.3 is 0 Å². The number of rotatable bonds is 6. The van der Waals surface area contributed by atoms with E-state index in [2.05, 4.69) is 10.0 Å². The maximum atomic E-state index is 14.8. The smallest absolute Gasteiger partial charge is 0.216 e. The second-order valence-electron chi connectivity index (χ2n) is 10.5. The summed E-state index contributed by atoms with van der Waals surface area (Å²) >= 11 is 0. The van der Waals surface area contributed by atoms with Crippen LogP contribution in [0.1, 0.15) is 60.3 Å². The van der Waals surface area contributed by atoms with Gasteiger partial charge in [-0.3, -0.25) is 0 Å². The molecule has 11 heteroatoms. The van der Waals surface area contributed by atoms with Gasteiger partial charge in [0.05, 0.1) is 17.0 Å². The van der Waals surface area contributed by atoms with Crippen LogP contribution in [0, 0.1) is 29.2 Å². The second-order valence-corrected chi connectivity index (χ2v) is 12.9. The molecule has 3 rings (SSSR count). The molecule has 1 saturated heterocycles. The first-order valence-corrected chi connectivity index (χ1v) is 13.2. The zero-order valence-electron chi connectivity index (χ0n) is 20.4. The molecule has 0 amide bonds. The lowest BCUT2D eigenvalue weighted by Crippen LogP contribution is -2.46. The largest absolute Gasteiger partial charge is 0.380 e. The van der Waals surface area contributed by atoms with E-state index in [0.717, 1.165) is 0 Å². The number of sulfonamides is 1. The highest BCUT2D eigenvalue weighted by atomic mass is 32.2. The fourth-order valence-corrected chi connectivity index (χ4v) is 5.57. The van der Waals surface area contributed by atoms with Crippen molar-refractivity contribution in [1.29, 1.82) is 0 Å². The first-order valence-electron chi connectivity index (χ1n) is 11.7. The van der Waals surface area contributed by atoms with E-state index in [-0.39, 0.29) is 43.8 Å². The van der Waals surface area contributed by atoms with Crippen LogP contribution in [0.15, 0.2) is 0 Å². The number of nitrogens with zero attached hydrogens (tertiary/aromatic N) is 1. The van der Waals surface area contributed by atoms with E-state index in [4.69, 9.17) is 4.74 Å². The molecular weight excluding hydrogens is 474 g/mol. The lowest BCUT2D eigenvalue weighted by atomic mass is 9.86. The summed E-state index contributed by atoms with van der Waals surface area (Å²) in [5.41, 5.74) is -1.53. The summed E-state index contributed by atoms with van der Waals surface area (Å²) in [7, 11) is -3.47. The molecule has 0 radical (unpaired) electrons. The van der Waals surface area contributed by atoms with Gasteiger partial charge in [0.1, 0.15) is 11.4 Å². The number of morpholine rings is 1. The first-order chi connectivity index (χ1) is 15.7. The van der Waals surface area contributed by atoms with Gasteiger partial charge in [0.15, 0.2) is 23.3 Å². The number of nitrogens with one attached hydrogen (secondary N) is 2. The molecule has 34 heavy (non-hydrogen) atoms. The normalized spacial score (nSPS) is 26.6. The third kappa shape index (κ3) is 5.79. The minimum atomic E-state index is -3.47. The molecule has 2 N–H and O–H groups in total. The van der Waals surface area contributed by atoms with E-state index in [1.807, 2.05) is 0 Å². The van der Waals surface area contributed by atoms with Gasteiger partial charge < -0.3 is 15.0 Å². The molecule has 0 aromatic heterocycles. The Labute approximate surface area is 199 Å². The highest BCUT2D eigenvalue weighted by molar-refractivity contribution is 7.90. The molecule has 1 aliphatic carbocycles. The maximum Gasteiger partial charge on any atom is 0.216 e. The molecule has 2 atom stereocenters. The Morgan fingerprint density at radius 1 is 0.912 bits per heavy atom. The van der Waals surface area contributed by atoms with Crippen molar-refractivity contribution in [3.63, 3.8) is 0 Å². The van der Waals surface area contributed by atoms with Gasteiger partial charge in [-0.1, -0.05) is 0 Å². The zero-order valence-corrected chi connectivity index (χ0v) is 21.2. The van der Waals surface area contributed by atoms with Gasteiger partial charge in [0, 0.05) is 25.7 Å². The third-order valence-corrected chi connectivity index (χ3v) is 8.77. The van der Waals surface area contributed by atoms with Gasteiger partial charge in [-0.25, -0.2) is 30.7 Å². The van der Waals surface area contributed by atoms with Crippen LogP contribution in [0.4, 0.5) is 28.9 Å². The lowest BCUT2D eigenvalue weighted by Gasteiger charge is -2.37. The van der Waals surface area contributed by atoms with Crippen molar-refractivity contribution < 1.29 is 30.7 Å². The fraction of sp³-hybridized carbons (Fsp3) is 0.739. The van der Waals surface area contributed by atoms with Crippen molar-refractivity contribution in [2.75, 3.05) is 29.9 Å². The number of anilines is 2. The van der Waals surface area contributed by atoms with E-state index >= 15 is 0 Å². The summed E-state index contributed by atoms with van der Waals surface area (Å²) in [5, 5.41) is 2.56. The van der Waals surface area contributed by atoms with Crippen molar-refractivity contribution in [3.8, 4) is 0 Å². The molecule has 1 heterocycles. The number of hydrogen-bond acceptors (Lipinski definition) is 5. The summed E-state index contributed by atoms with van der Waals surface area (Å²) in [6, 6.07) is -0.207. The summed E-state index contributed by atoms with van der Waals surface area (Å²) in [4.78, 5) is 1.28. The molecule has 6 nitrogen and oxygen atoms in total. The van der Waals surface area contributed by atoms with Gasteiger partial charge in [-0.05, 0) is 66.2 Å². The molecule has 194 valence electrons. The first kappa shape index (κ1) is 27.0. The number of benzene rings is 1. The summed E-state index contributed by atoms with van der Waals surface area (Å²) in [6.45, 7) is 8.68. The van der Waals surface area contributed by atoms with E-state index in [1.165, 1.54) is 4.90 Å². The van der Waals surface area contributed by atoms with Crippen molar-refractivity contribution in [2.45, 2.75) is 83.3 Å². The average molecular weight is 510 g/mol. The van der Waals surface area contributed by atoms with Crippen molar-refractivity contribution >= 4 is 21.4 Å². The Morgan fingerprint density at radius 2 is 1.41 bits per heavy atom. The zero-order chi connectivity index (χ0) is 25.4. The summed E-state index contributed by atoms with van der Waals surface area (Å²) in [5.74, 6) is -5.77. The van der Waals surface area contributed by atoms with Crippen LogP contribution in [0.5, 0.6) is 0 Å². The second kappa shape index (κ2) is 10.2. The fourth-order valence-electron chi connectivity index (χ4n) is 4.54. The molecule has 0 bridgehead atoms. The van der Waals surface area contributed by atoms with Gasteiger partial charge in [0.2, 0.25) is 10.0 Å². The van der Waals surface area contributed by atoms with Crippen molar-refractivity contribution in [1.82, 2.24) is 4.72 Å². The Kier molecular flexibility index (Phi) is 8.09. The van der Waals surface area contributed by atoms with Gasteiger partial charge in [-0.15, -0.1) is 0 Å². The molecule has 0 unspecified atom stereocenters. The molecule has 1 aliphatic heterocycles. The van der Waals surface area contributed by atoms with Crippen LogP contribution >= 0.6 is 0 Å². The number of halogens is 4. The predicted molar refractivity (Wildman–Crippen MR) is 125 cm³/mol. The van der Waals surface area contributed by atoms with Crippen LogP contribution in [0.3, 0.4) is 0 Å². The SMILES string of the molecule is C[C@@H]1CN(c2c(F)c(F)c(NCC3CCC(NS(=O)(=O)C(C)(C)C)CC3)c(F)c2F)C[C@H](C)O1. The van der Waals surface area contributed by atoms with Crippen LogP contribution in [-0.2, 0) is 14.8 Å². The quantitative estimate of drug-likeness (QED) is 0.435. The minimum Gasteiger partial charge on any atom is -0.380 e. The molecule has 1 aromatic carbocycles. The molecule has 1 aromatic rings. The maximum absolute atomic E-state index is 14.8. The van der Waals surface area contributed by atoms with Crippen LogP contribution in [0.2, 0.25) is 0 Å². The molecular formula is C23H35F4N3O3S. The number of hydrogen-bond donors (Lipinski definition) is 2. The van der Waals surface area contributed by atoms with E-state index < -0.39 is 49.4 Å². The standard InChI is InChI=1S/C23H35F4N3O3S/c1-13-11-30(12-14(2)33-13)22-19(26)17(24)21(18(25)20(22)27)28-10-15-6-8-16(9-7-15)29-34(31,32)23(3,4)5/h13-16,28-29H,6-12H2,1-5H3/t13-,14+,15?,16?. The van der Waals surface area contributed by atoms with Crippen LogP contribution in [0.25, 0.3) is 0 Å². The Balaban J connectivity index is 1.65. The lowest BCUT2D eigenvalue weighted by molar-refractivity contribution is -0.00566. The van der Waals surface area contributed by atoms with Gasteiger partial charge in [0.25, 0.3) is 0 Å². The Bertz CT molecular complexity index is 953. The molecule has 1 saturated carbocycles. The van der Waals surface area contributed by atoms with Crippen molar-refractivity contribution in [3.05, 3.63) is 23.3 Å². The molecule has 2 aliphatic rings. The minimum absolute atomic E-state index is 0.0130. The summed E-state index contributed by atoms with van der Waals surface area (Å²) in [6.07, 6.45) is 1.69. The highest BCUT2D eigenvalue weighted by Crippen LogP contribution is 2.36. The topological polar surface area (TPSA) is 70.7 Å². The van der Waals surface area contributed by atoms with Crippen molar-refractivity contribution in [2.24, 2.45) is 5.92 Å². The van der Waals surface area contributed by atoms with Gasteiger partial charge in [-0.2, -0.15) is 0 Å². The molecule has 0 spiro atoms. The van der Waals surface area contributed by atoms with Crippen LogP contribution in [-0.4, -0.2) is 51.0 Å². The Morgan fingerprint density at radius 3 is 1.88 bits per heavy atom. The third-order valence-electron chi connectivity index (χ3n) is 6.52. The Hall–Kier alpha value is -1.59. The van der Waals surface area contributed by atoms with E-state index in [9.17, 15) is 26.0 Å². The molecule has 2 fully saturated rings. The monoisotopic (exact) mass is 509 g/mol. The highest BCUT2D eigenvalue weighted by Gasteiger charge is 2.34.